The molecule has 1 aromatic carbocycles. The lowest BCUT2D eigenvalue weighted by Crippen LogP contribution is -2.29. The van der Waals surface area contributed by atoms with E-state index >= 15 is 0 Å². The molecule has 130 valence electrons. The number of rotatable bonds is 3. The summed E-state index contributed by atoms with van der Waals surface area (Å²) < 4.78 is 40.3. The lowest BCUT2D eigenvalue weighted by molar-refractivity contribution is -0.137. The molecule has 0 radical (unpaired) electrons. The largest absolute Gasteiger partial charge is 0.416 e. The van der Waals surface area contributed by atoms with Crippen LogP contribution in [0.3, 0.4) is 0 Å². The van der Waals surface area contributed by atoms with E-state index in [1.165, 1.54) is 6.07 Å². The van der Waals surface area contributed by atoms with Crippen LogP contribution in [0.5, 0.6) is 0 Å². The van der Waals surface area contributed by atoms with Crippen molar-refractivity contribution >= 4 is 16.9 Å². The number of alkyl halides is 3. The smallest absolute Gasteiger partial charge is 0.369 e. The Bertz CT molecular complexity index is 783. The number of primary amides is 1. The molecular formula is C16H19F3N4O. The molecule has 2 atom stereocenters. The Balaban J connectivity index is 1.86. The number of aromatic nitrogens is 2. The van der Waals surface area contributed by atoms with Gasteiger partial charge in [-0.3, -0.25) is 9.69 Å². The van der Waals surface area contributed by atoms with Crippen molar-refractivity contribution in [2.75, 3.05) is 13.1 Å². The molecule has 0 spiro atoms. The molecule has 1 fully saturated rings. The molecule has 3 rings (SSSR count). The number of halogens is 3. The monoisotopic (exact) mass is 340 g/mol. The van der Waals surface area contributed by atoms with E-state index in [-0.39, 0.29) is 17.7 Å². The zero-order valence-corrected chi connectivity index (χ0v) is 13.5. The normalized spacial score (nSPS) is 22.4. The van der Waals surface area contributed by atoms with E-state index in [2.05, 4.69) is 9.88 Å². The van der Waals surface area contributed by atoms with Crippen LogP contribution in [0.4, 0.5) is 13.2 Å². The summed E-state index contributed by atoms with van der Waals surface area (Å²) in [6, 6.07) is 3.57. The highest BCUT2D eigenvalue weighted by molar-refractivity contribution is 5.78. The molecule has 8 heteroatoms. The first-order valence-electron chi connectivity index (χ1n) is 7.71. The SMILES string of the molecule is C[C@@H]1CN(Cc2nc3cc(C(F)(F)F)ccc3n2C)C[C@H]1C(N)=O. The maximum atomic E-state index is 12.8. The molecule has 0 aliphatic carbocycles. The summed E-state index contributed by atoms with van der Waals surface area (Å²) in [6.07, 6.45) is -4.38. The molecule has 0 unspecified atom stereocenters. The van der Waals surface area contributed by atoms with Crippen LogP contribution >= 0.6 is 0 Å². The molecule has 1 aliphatic rings. The highest BCUT2D eigenvalue weighted by Gasteiger charge is 2.34. The average Bonchev–Trinajstić information content (AvgIpc) is 2.99. The molecule has 1 aromatic heterocycles. The number of carbonyl (C=O) groups excluding carboxylic acids is 1. The van der Waals surface area contributed by atoms with Gasteiger partial charge in [0.2, 0.25) is 5.91 Å². The maximum absolute atomic E-state index is 12.8. The van der Waals surface area contributed by atoms with Gasteiger partial charge >= 0.3 is 6.18 Å². The van der Waals surface area contributed by atoms with Crippen molar-refractivity contribution in [1.82, 2.24) is 14.5 Å². The first-order chi connectivity index (χ1) is 11.2. The van der Waals surface area contributed by atoms with Gasteiger partial charge in [-0.1, -0.05) is 6.92 Å². The van der Waals surface area contributed by atoms with Crippen molar-refractivity contribution < 1.29 is 18.0 Å². The number of benzene rings is 1. The molecule has 24 heavy (non-hydrogen) atoms. The van der Waals surface area contributed by atoms with Crippen LogP contribution in [0.25, 0.3) is 11.0 Å². The van der Waals surface area contributed by atoms with Crippen LogP contribution in [0.2, 0.25) is 0 Å². The van der Waals surface area contributed by atoms with Crippen molar-refractivity contribution in [1.29, 1.82) is 0 Å². The van der Waals surface area contributed by atoms with E-state index in [4.69, 9.17) is 5.73 Å². The zero-order valence-electron chi connectivity index (χ0n) is 13.5. The summed E-state index contributed by atoms with van der Waals surface area (Å²) in [5.74, 6) is 0.317. The van der Waals surface area contributed by atoms with Crippen LogP contribution in [-0.2, 0) is 24.6 Å². The van der Waals surface area contributed by atoms with Gasteiger partial charge in [-0.15, -0.1) is 0 Å². The molecule has 0 bridgehead atoms. The number of nitrogens with two attached hydrogens (primary N) is 1. The molecule has 2 aromatic rings. The summed E-state index contributed by atoms with van der Waals surface area (Å²) in [6.45, 7) is 3.71. The molecule has 1 aliphatic heterocycles. The van der Waals surface area contributed by atoms with E-state index in [9.17, 15) is 18.0 Å². The van der Waals surface area contributed by atoms with Crippen LogP contribution < -0.4 is 5.73 Å². The minimum absolute atomic E-state index is 0.161. The summed E-state index contributed by atoms with van der Waals surface area (Å²) >= 11 is 0. The third-order valence-electron chi connectivity index (χ3n) is 4.72. The van der Waals surface area contributed by atoms with Crippen molar-refractivity contribution in [2.45, 2.75) is 19.6 Å². The number of nitrogens with zero attached hydrogens (tertiary/aromatic N) is 3. The summed E-state index contributed by atoms with van der Waals surface area (Å²) in [7, 11) is 1.78. The second-order valence-electron chi connectivity index (χ2n) is 6.47. The number of aryl methyl sites for hydroxylation is 1. The van der Waals surface area contributed by atoms with E-state index < -0.39 is 11.7 Å². The van der Waals surface area contributed by atoms with Crippen molar-refractivity contribution in [3.05, 3.63) is 29.6 Å². The molecule has 1 amide bonds. The molecule has 0 saturated carbocycles. The zero-order chi connectivity index (χ0) is 17.6. The predicted molar refractivity (Wildman–Crippen MR) is 82.8 cm³/mol. The Labute approximate surface area is 137 Å². The first-order valence-corrected chi connectivity index (χ1v) is 7.71. The van der Waals surface area contributed by atoms with Gasteiger partial charge < -0.3 is 10.3 Å². The van der Waals surface area contributed by atoms with Gasteiger partial charge in [-0.2, -0.15) is 13.2 Å². The quantitative estimate of drug-likeness (QED) is 0.931. The molecule has 5 nitrogen and oxygen atoms in total. The molecule has 1 saturated heterocycles. The fourth-order valence-electron chi connectivity index (χ4n) is 3.33. The second kappa shape index (κ2) is 5.77. The fourth-order valence-corrected chi connectivity index (χ4v) is 3.33. The number of imidazole rings is 1. The van der Waals surface area contributed by atoms with Gasteiger partial charge in [0.15, 0.2) is 0 Å². The molecular weight excluding hydrogens is 321 g/mol. The van der Waals surface area contributed by atoms with Gasteiger partial charge in [0, 0.05) is 20.1 Å². The average molecular weight is 340 g/mol. The highest BCUT2D eigenvalue weighted by Crippen LogP contribution is 2.32. The van der Waals surface area contributed by atoms with Crippen LogP contribution in [0.1, 0.15) is 18.3 Å². The Hall–Kier alpha value is -2.09. The number of hydrogen-bond acceptors (Lipinski definition) is 3. The Morgan fingerprint density at radius 3 is 2.67 bits per heavy atom. The number of fused-ring (bicyclic) bond motifs is 1. The Morgan fingerprint density at radius 1 is 1.38 bits per heavy atom. The lowest BCUT2D eigenvalue weighted by Gasteiger charge is -2.14. The van der Waals surface area contributed by atoms with Crippen molar-refractivity contribution in [3.8, 4) is 0 Å². The van der Waals surface area contributed by atoms with Crippen LogP contribution in [-0.4, -0.2) is 33.4 Å². The summed E-state index contributed by atoms with van der Waals surface area (Å²) in [4.78, 5) is 17.8. The van der Waals surface area contributed by atoms with Crippen molar-refractivity contribution in [2.24, 2.45) is 24.6 Å². The summed E-state index contributed by atoms with van der Waals surface area (Å²) in [5.41, 5.74) is 5.66. The van der Waals surface area contributed by atoms with Gasteiger partial charge in [0.1, 0.15) is 5.82 Å². The Kier molecular flexibility index (Phi) is 4.03. The second-order valence-corrected chi connectivity index (χ2v) is 6.47. The van der Waals surface area contributed by atoms with E-state index in [1.54, 1.807) is 11.6 Å². The number of hydrogen-bond donors (Lipinski definition) is 1. The minimum Gasteiger partial charge on any atom is -0.369 e. The van der Waals surface area contributed by atoms with E-state index in [1.807, 2.05) is 6.92 Å². The van der Waals surface area contributed by atoms with Gasteiger partial charge in [0.25, 0.3) is 0 Å². The fraction of sp³-hybridized carbons (Fsp3) is 0.500. The topological polar surface area (TPSA) is 64.2 Å². The van der Waals surface area contributed by atoms with E-state index in [0.29, 0.717) is 36.5 Å². The third kappa shape index (κ3) is 2.98. The first kappa shape index (κ1) is 16.8. The summed E-state index contributed by atoms with van der Waals surface area (Å²) in [5, 5.41) is 0. The highest BCUT2D eigenvalue weighted by atomic mass is 19.4. The third-order valence-corrected chi connectivity index (χ3v) is 4.72. The maximum Gasteiger partial charge on any atom is 0.416 e. The number of likely N-dealkylation sites (tertiary alicyclic amines) is 1. The van der Waals surface area contributed by atoms with E-state index in [0.717, 1.165) is 12.1 Å². The van der Waals surface area contributed by atoms with Crippen LogP contribution in [0, 0.1) is 11.8 Å². The van der Waals surface area contributed by atoms with Crippen molar-refractivity contribution in [3.63, 3.8) is 0 Å². The predicted octanol–water partition coefficient (Wildman–Crippen LogP) is 2.15. The molecule has 2 N–H and O–H groups in total. The number of carbonyl (C=O) groups is 1. The van der Waals surface area contributed by atoms with Gasteiger partial charge in [0.05, 0.1) is 29.1 Å². The molecule has 2 heterocycles. The standard InChI is InChI=1S/C16H19F3N4O/c1-9-6-23(7-11(9)15(20)24)8-14-21-12-5-10(16(17,18)19)3-4-13(12)22(14)2/h3-5,9,11H,6-8H2,1-2H3,(H2,20,24)/t9-,11-/m1/s1. The van der Waals surface area contributed by atoms with Gasteiger partial charge in [-0.05, 0) is 24.1 Å². The van der Waals surface area contributed by atoms with Crippen LogP contribution in [0.15, 0.2) is 18.2 Å². The lowest BCUT2D eigenvalue weighted by atomic mass is 9.98. The Morgan fingerprint density at radius 2 is 2.08 bits per heavy atom. The number of amides is 1. The minimum atomic E-state index is -4.38. The van der Waals surface area contributed by atoms with Gasteiger partial charge in [-0.25, -0.2) is 4.98 Å².